The van der Waals surface area contributed by atoms with Crippen molar-refractivity contribution in [3.8, 4) is 11.5 Å². The van der Waals surface area contributed by atoms with Gasteiger partial charge >= 0.3 is 12.6 Å². The average molecular weight is 645 g/mol. The maximum Gasteiger partial charge on any atom is 0.387 e. The largest absolute Gasteiger partial charge is 0.870 e. The minimum absolute atomic E-state index is 0. The number of rotatable bonds is 13. The fourth-order valence-electron chi connectivity index (χ4n) is 3.85. The van der Waals surface area contributed by atoms with Crippen LogP contribution in [-0.4, -0.2) is 29.6 Å². The van der Waals surface area contributed by atoms with E-state index in [9.17, 15) is 13.6 Å². The van der Waals surface area contributed by atoms with Crippen molar-refractivity contribution >= 4 is 57.0 Å². The van der Waals surface area contributed by atoms with Crippen LogP contribution < -0.4 is 19.8 Å². The molecule has 0 amide bonds. The highest BCUT2D eigenvalue weighted by atomic mass is 35.5. The summed E-state index contributed by atoms with van der Waals surface area (Å²) >= 11 is 15.6. The zero-order chi connectivity index (χ0) is 28.1. The maximum atomic E-state index is 13.3. The summed E-state index contributed by atoms with van der Waals surface area (Å²) in [6.45, 7) is -2.13. The van der Waals surface area contributed by atoms with Crippen LogP contribution in [0.3, 0.4) is 0 Å². The number of nitrogens with one attached hydrogen (secondary N) is 2. The zero-order valence-electron chi connectivity index (χ0n) is 21.3. The topological polar surface area (TPSA) is 114 Å². The number of hydrogen-bond donors (Lipinski definition) is 1. The van der Waals surface area contributed by atoms with Crippen molar-refractivity contribution in [2.45, 2.75) is 38.5 Å². The normalized spacial score (nSPS) is 13.4. The van der Waals surface area contributed by atoms with Gasteiger partial charge in [0.15, 0.2) is 29.0 Å². The van der Waals surface area contributed by atoms with E-state index in [0.29, 0.717) is 45.1 Å². The molecule has 1 aliphatic rings. The third kappa shape index (κ3) is 8.49. The molecule has 0 bridgehead atoms. The van der Waals surface area contributed by atoms with Gasteiger partial charge in [0.1, 0.15) is 21.0 Å². The van der Waals surface area contributed by atoms with E-state index in [1.807, 2.05) is 11.4 Å². The molecule has 14 heteroatoms. The number of benzene rings is 1. The average Bonchev–Trinajstić information content (AvgIpc) is 3.38. The number of nitrogens with zero attached hydrogens (tertiary/aromatic N) is 1. The molecule has 0 saturated heterocycles. The second-order valence-corrected chi connectivity index (χ2v) is 11.9. The molecule has 1 atom stereocenters. The molecular weight excluding hydrogens is 619 g/mol. The van der Waals surface area contributed by atoms with Gasteiger partial charge in [-0.25, -0.2) is 14.8 Å². The number of anilines is 1. The van der Waals surface area contributed by atoms with E-state index in [1.165, 1.54) is 28.7 Å². The number of hydrogen-bond acceptors (Lipinski definition) is 9. The summed E-state index contributed by atoms with van der Waals surface area (Å²) < 4.78 is 42.6. The second kappa shape index (κ2) is 14.2. The summed E-state index contributed by atoms with van der Waals surface area (Å²) in [5, 5.41) is 6.59. The van der Waals surface area contributed by atoms with Gasteiger partial charge in [-0.3, -0.25) is 0 Å². The second-order valence-electron chi connectivity index (χ2n) is 9.02. The lowest BCUT2D eigenvalue weighted by Gasteiger charge is -2.21. The highest BCUT2D eigenvalue weighted by molar-refractivity contribution is 7.14. The Labute approximate surface area is 252 Å². The lowest BCUT2D eigenvalue weighted by Crippen LogP contribution is -2.15. The van der Waals surface area contributed by atoms with Crippen LogP contribution in [-0.2, 0) is 17.7 Å². The molecule has 3 N–H and O–H groups in total. The number of ether oxygens (including phenoxy) is 3. The first kappa shape index (κ1) is 30.9. The molecule has 1 saturated carbocycles. The Hall–Kier alpha value is -3.03. The van der Waals surface area contributed by atoms with Crippen molar-refractivity contribution in [2.75, 3.05) is 11.9 Å². The molecule has 8 nitrogen and oxygen atoms in total. The summed E-state index contributed by atoms with van der Waals surface area (Å²) in [4.78, 5) is 21.7. The number of aromatic nitrogens is 2. The summed E-state index contributed by atoms with van der Waals surface area (Å²) in [7, 11) is 0. The van der Waals surface area contributed by atoms with E-state index in [1.54, 1.807) is 36.8 Å². The van der Waals surface area contributed by atoms with E-state index in [4.69, 9.17) is 32.7 Å². The number of esters is 1. The molecule has 0 unspecified atom stereocenters. The Morgan fingerprint density at radius 1 is 1.15 bits per heavy atom. The van der Waals surface area contributed by atoms with Crippen LogP contribution in [0.15, 0.2) is 54.3 Å². The van der Waals surface area contributed by atoms with Crippen LogP contribution in [0.2, 0.25) is 10.0 Å². The summed E-state index contributed by atoms with van der Waals surface area (Å²) in [5.74, 6) is -0.104. The zero-order valence-corrected chi connectivity index (χ0v) is 24.5. The first-order valence-corrected chi connectivity index (χ1v) is 14.8. The number of alkyl halides is 2. The standard InChI is InChI=1S/C27H23Cl2F2N3O4S2.H2O/c28-19-12-32-13-20(29)18(19)10-22(16-3-5-21(38-26(30)31)23(9-16)36-14-15-1-2-15)37-25(35)24-6-4-17(40-24)11-34-27-33-7-8-39-27;/h3-9,12-13,15,22,26H,1-2,10-11,14H2,(H,33,34);1H2/t22-;/m0./s1. The van der Waals surface area contributed by atoms with Crippen molar-refractivity contribution in [3.05, 3.63) is 85.2 Å². The van der Waals surface area contributed by atoms with Crippen LogP contribution in [0.25, 0.3) is 0 Å². The number of pyridine rings is 1. The number of carbonyl (C=O) groups is 1. The molecule has 0 radical (unpaired) electrons. The third-order valence-electron chi connectivity index (χ3n) is 6.07. The van der Waals surface area contributed by atoms with Gasteiger partial charge in [-0.2, -0.15) is 8.78 Å². The van der Waals surface area contributed by atoms with Crippen LogP contribution in [0, 0.1) is 5.92 Å². The molecular formula is C27H25Cl2F2N3O5S2. The Bertz CT molecular complexity index is 1430. The molecule has 1 fully saturated rings. The highest BCUT2D eigenvalue weighted by Crippen LogP contribution is 2.38. The van der Waals surface area contributed by atoms with E-state index < -0.39 is 18.7 Å². The molecule has 1 aliphatic carbocycles. The number of thiazole rings is 1. The predicted molar refractivity (Wildman–Crippen MR) is 152 cm³/mol. The van der Waals surface area contributed by atoms with Crippen LogP contribution >= 0.6 is 45.9 Å². The van der Waals surface area contributed by atoms with Crippen molar-refractivity contribution < 1.29 is 38.2 Å². The number of halogens is 4. The lowest BCUT2D eigenvalue weighted by molar-refractivity contribution is -0.377. The van der Waals surface area contributed by atoms with Gasteiger partial charge in [0, 0.05) is 28.4 Å². The van der Waals surface area contributed by atoms with E-state index in [0.717, 1.165) is 22.9 Å². The molecule has 218 valence electrons. The summed E-state index contributed by atoms with van der Waals surface area (Å²) in [6.07, 6.45) is 6.19. The Kier molecular flexibility index (Phi) is 10.7. The van der Waals surface area contributed by atoms with Crippen LogP contribution in [0.5, 0.6) is 11.5 Å². The maximum absolute atomic E-state index is 13.3. The SMILES string of the molecule is O=C(O[C@@H](Cc1c(Cl)c[nH+]cc1Cl)c1ccc(OC(F)F)c(OCC2CC2)c1)c1ccc(CNc2nccs2)s1.[OH-]. The van der Waals surface area contributed by atoms with Gasteiger partial charge in [0.25, 0.3) is 0 Å². The minimum Gasteiger partial charge on any atom is -0.870 e. The van der Waals surface area contributed by atoms with E-state index >= 15 is 0 Å². The van der Waals surface area contributed by atoms with E-state index in [-0.39, 0.29) is 23.4 Å². The number of H-pyrrole nitrogens is 1. The fourth-order valence-corrected chi connectivity index (χ4v) is 5.74. The Balaban J connectivity index is 0.00000387. The van der Waals surface area contributed by atoms with Crippen LogP contribution in [0.1, 0.15) is 44.6 Å². The van der Waals surface area contributed by atoms with Crippen molar-refractivity contribution in [2.24, 2.45) is 5.92 Å². The Morgan fingerprint density at radius 2 is 1.93 bits per heavy atom. The van der Waals surface area contributed by atoms with Gasteiger partial charge in [-0.05, 0) is 48.6 Å². The smallest absolute Gasteiger partial charge is 0.387 e. The monoisotopic (exact) mass is 643 g/mol. The molecule has 41 heavy (non-hydrogen) atoms. The lowest BCUT2D eigenvalue weighted by atomic mass is 10.0. The molecule has 3 heterocycles. The first-order chi connectivity index (χ1) is 19.4. The summed E-state index contributed by atoms with van der Waals surface area (Å²) in [5.41, 5.74) is 1.08. The third-order valence-corrected chi connectivity index (χ3v) is 8.54. The molecule has 0 aliphatic heterocycles. The number of aromatic amines is 1. The number of carbonyl (C=O) groups excluding carboxylic acids is 1. The quantitative estimate of drug-likeness (QED) is 0.152. The van der Waals surface area contributed by atoms with Crippen molar-refractivity contribution in [3.63, 3.8) is 0 Å². The molecule has 4 aromatic rings. The first-order valence-electron chi connectivity index (χ1n) is 12.3. The highest BCUT2D eigenvalue weighted by Gasteiger charge is 2.27. The van der Waals surface area contributed by atoms with Crippen molar-refractivity contribution in [1.29, 1.82) is 0 Å². The molecule has 0 spiro atoms. The summed E-state index contributed by atoms with van der Waals surface area (Å²) in [6, 6.07) is 8.06. The number of thiophene rings is 1. The predicted octanol–water partition coefficient (Wildman–Crippen LogP) is 7.29. The fraction of sp³-hybridized carbons (Fsp3) is 0.296. The molecule has 1 aromatic carbocycles. The van der Waals surface area contributed by atoms with Gasteiger partial charge in [-0.15, -0.1) is 22.7 Å². The van der Waals surface area contributed by atoms with Crippen molar-refractivity contribution in [1.82, 2.24) is 4.98 Å². The Morgan fingerprint density at radius 3 is 2.61 bits per heavy atom. The minimum atomic E-state index is -3.01. The molecule has 3 aromatic heterocycles. The molecule has 5 rings (SSSR count). The van der Waals surface area contributed by atoms with Gasteiger partial charge in [0.05, 0.1) is 13.2 Å². The van der Waals surface area contributed by atoms with E-state index in [2.05, 4.69) is 20.0 Å². The van der Waals surface area contributed by atoms with Crippen LogP contribution in [0.4, 0.5) is 13.9 Å². The van der Waals surface area contributed by atoms with Gasteiger partial charge < -0.3 is 25.0 Å². The van der Waals surface area contributed by atoms with Gasteiger partial charge in [-0.1, -0.05) is 29.3 Å². The van der Waals surface area contributed by atoms with Gasteiger partial charge in [0.2, 0.25) is 0 Å².